The van der Waals surface area contributed by atoms with Crippen LogP contribution in [0.25, 0.3) is 11.5 Å². The van der Waals surface area contributed by atoms with E-state index in [4.69, 9.17) is 16.0 Å². The molecule has 0 spiro atoms. The second-order valence-corrected chi connectivity index (χ2v) is 7.18. The number of nitrogens with one attached hydrogen (secondary N) is 1. The van der Waals surface area contributed by atoms with E-state index < -0.39 is 0 Å². The standard InChI is InChI=1S/C21H21ClN4O2/c22-18-6-2-1-5-17(18)21-25-24-20(28-21)12-11-19(27)23-15-7-9-16(10-8-15)26-13-3-4-14-26/h1-2,5-10H,3-4,11-14H2,(H,23,27). The molecule has 1 N–H and O–H groups in total. The van der Waals surface area contributed by atoms with Crippen LogP contribution in [0.2, 0.25) is 5.02 Å². The summed E-state index contributed by atoms with van der Waals surface area (Å²) in [6, 6.07) is 15.3. The van der Waals surface area contributed by atoms with Crippen molar-refractivity contribution in [1.82, 2.24) is 10.2 Å². The Balaban J connectivity index is 1.30. The average molecular weight is 397 g/mol. The Labute approximate surface area is 168 Å². The summed E-state index contributed by atoms with van der Waals surface area (Å²) >= 11 is 6.14. The molecule has 0 saturated carbocycles. The third-order valence-corrected chi connectivity index (χ3v) is 5.09. The number of halogens is 1. The normalized spacial score (nSPS) is 13.7. The summed E-state index contributed by atoms with van der Waals surface area (Å²) < 4.78 is 5.63. The zero-order valence-corrected chi connectivity index (χ0v) is 16.2. The monoisotopic (exact) mass is 396 g/mol. The number of carbonyl (C=O) groups is 1. The first kappa shape index (κ1) is 18.5. The lowest BCUT2D eigenvalue weighted by Gasteiger charge is -2.17. The molecule has 144 valence electrons. The SMILES string of the molecule is O=C(CCc1nnc(-c2ccccc2Cl)o1)Nc1ccc(N2CCCC2)cc1. The van der Waals surface area contributed by atoms with Crippen LogP contribution in [0.3, 0.4) is 0 Å². The third-order valence-electron chi connectivity index (χ3n) is 4.76. The van der Waals surface area contributed by atoms with Crippen molar-refractivity contribution in [2.24, 2.45) is 0 Å². The highest BCUT2D eigenvalue weighted by atomic mass is 35.5. The van der Waals surface area contributed by atoms with Gasteiger partial charge in [0.05, 0.1) is 10.6 Å². The molecule has 2 heterocycles. The summed E-state index contributed by atoms with van der Waals surface area (Å²) in [5.74, 6) is 0.680. The average Bonchev–Trinajstić information content (AvgIpc) is 3.40. The first-order valence-corrected chi connectivity index (χ1v) is 9.79. The van der Waals surface area contributed by atoms with Gasteiger partial charge in [0, 0.05) is 37.3 Å². The molecule has 7 heteroatoms. The quantitative estimate of drug-likeness (QED) is 0.661. The lowest BCUT2D eigenvalue weighted by molar-refractivity contribution is -0.116. The minimum absolute atomic E-state index is 0.0913. The Morgan fingerprint density at radius 1 is 1.07 bits per heavy atom. The Morgan fingerprint density at radius 3 is 2.57 bits per heavy atom. The number of anilines is 2. The number of rotatable bonds is 6. The van der Waals surface area contributed by atoms with Crippen molar-refractivity contribution in [3.05, 3.63) is 59.4 Å². The first-order valence-electron chi connectivity index (χ1n) is 9.41. The molecule has 1 saturated heterocycles. The molecule has 6 nitrogen and oxygen atoms in total. The Hall–Kier alpha value is -2.86. The van der Waals surface area contributed by atoms with E-state index >= 15 is 0 Å². The van der Waals surface area contributed by atoms with Crippen LogP contribution in [0.4, 0.5) is 11.4 Å². The highest BCUT2D eigenvalue weighted by molar-refractivity contribution is 6.33. The van der Waals surface area contributed by atoms with Crippen LogP contribution >= 0.6 is 11.6 Å². The predicted molar refractivity (Wildman–Crippen MR) is 110 cm³/mol. The second kappa shape index (κ2) is 8.44. The van der Waals surface area contributed by atoms with Crippen molar-refractivity contribution >= 4 is 28.9 Å². The van der Waals surface area contributed by atoms with Crippen LogP contribution in [0.5, 0.6) is 0 Å². The van der Waals surface area contributed by atoms with E-state index in [0.717, 1.165) is 18.8 Å². The topological polar surface area (TPSA) is 71.3 Å². The largest absolute Gasteiger partial charge is 0.421 e. The fraction of sp³-hybridized carbons (Fsp3) is 0.286. The molecule has 0 radical (unpaired) electrons. The van der Waals surface area contributed by atoms with Crippen LogP contribution in [-0.4, -0.2) is 29.2 Å². The first-order chi connectivity index (χ1) is 13.7. The predicted octanol–water partition coefficient (Wildman–Crippen LogP) is 4.56. The summed E-state index contributed by atoms with van der Waals surface area (Å²) in [6.07, 6.45) is 3.12. The number of carbonyl (C=O) groups excluding carboxylic acids is 1. The lowest BCUT2D eigenvalue weighted by Crippen LogP contribution is -2.17. The fourth-order valence-corrected chi connectivity index (χ4v) is 3.49. The zero-order valence-electron chi connectivity index (χ0n) is 15.4. The van der Waals surface area contributed by atoms with Gasteiger partial charge in [0.2, 0.25) is 17.7 Å². The van der Waals surface area contributed by atoms with Gasteiger partial charge in [-0.25, -0.2) is 0 Å². The van der Waals surface area contributed by atoms with Crippen LogP contribution in [0.15, 0.2) is 52.9 Å². The van der Waals surface area contributed by atoms with Crippen molar-refractivity contribution < 1.29 is 9.21 Å². The molecule has 0 aliphatic carbocycles. The van der Waals surface area contributed by atoms with E-state index in [2.05, 4.69) is 32.5 Å². The van der Waals surface area contributed by atoms with Crippen molar-refractivity contribution in [2.75, 3.05) is 23.3 Å². The van der Waals surface area contributed by atoms with E-state index in [1.165, 1.54) is 18.5 Å². The number of aromatic nitrogens is 2. The van der Waals surface area contributed by atoms with Crippen LogP contribution in [0.1, 0.15) is 25.2 Å². The summed E-state index contributed by atoms with van der Waals surface area (Å²) in [4.78, 5) is 14.6. The fourth-order valence-electron chi connectivity index (χ4n) is 3.27. The number of aryl methyl sites for hydroxylation is 1. The molecule has 4 rings (SSSR count). The van der Waals surface area contributed by atoms with Crippen LogP contribution < -0.4 is 10.2 Å². The van der Waals surface area contributed by atoms with Crippen molar-refractivity contribution in [3.8, 4) is 11.5 Å². The van der Waals surface area contributed by atoms with E-state index in [1.54, 1.807) is 6.07 Å². The number of amides is 1. The van der Waals surface area contributed by atoms with Gasteiger partial charge >= 0.3 is 0 Å². The maximum absolute atomic E-state index is 12.2. The van der Waals surface area contributed by atoms with Gasteiger partial charge in [0.1, 0.15) is 0 Å². The van der Waals surface area contributed by atoms with Crippen molar-refractivity contribution in [2.45, 2.75) is 25.7 Å². The maximum atomic E-state index is 12.2. The molecule has 1 aliphatic heterocycles. The maximum Gasteiger partial charge on any atom is 0.249 e. The van der Waals surface area contributed by atoms with Gasteiger partial charge in [-0.1, -0.05) is 23.7 Å². The van der Waals surface area contributed by atoms with Gasteiger partial charge in [0.15, 0.2) is 0 Å². The highest BCUT2D eigenvalue weighted by Gasteiger charge is 2.14. The molecule has 1 aliphatic rings. The molecule has 0 bridgehead atoms. The van der Waals surface area contributed by atoms with Crippen molar-refractivity contribution in [3.63, 3.8) is 0 Å². The summed E-state index contributed by atoms with van der Waals surface area (Å²) in [5.41, 5.74) is 2.68. The molecule has 1 fully saturated rings. The highest BCUT2D eigenvalue weighted by Crippen LogP contribution is 2.26. The Kier molecular flexibility index (Phi) is 5.58. The number of benzene rings is 2. The van der Waals surface area contributed by atoms with Gasteiger partial charge < -0.3 is 14.6 Å². The van der Waals surface area contributed by atoms with Gasteiger partial charge in [0.25, 0.3) is 0 Å². The van der Waals surface area contributed by atoms with Crippen LogP contribution in [-0.2, 0) is 11.2 Å². The molecular weight excluding hydrogens is 376 g/mol. The minimum Gasteiger partial charge on any atom is -0.421 e. The smallest absolute Gasteiger partial charge is 0.249 e. The Bertz CT molecular complexity index is 949. The second-order valence-electron chi connectivity index (χ2n) is 6.77. The summed E-state index contributed by atoms with van der Waals surface area (Å²) in [7, 11) is 0. The third kappa shape index (κ3) is 4.34. The van der Waals surface area contributed by atoms with Crippen molar-refractivity contribution in [1.29, 1.82) is 0 Å². The van der Waals surface area contributed by atoms with Gasteiger partial charge in [-0.05, 0) is 49.2 Å². The summed E-state index contributed by atoms with van der Waals surface area (Å²) in [5, 5.41) is 11.5. The zero-order chi connectivity index (χ0) is 19.3. The van der Waals surface area contributed by atoms with Crippen LogP contribution in [0, 0.1) is 0 Å². The van der Waals surface area contributed by atoms with Gasteiger partial charge in [-0.15, -0.1) is 10.2 Å². The van der Waals surface area contributed by atoms with E-state index in [-0.39, 0.29) is 12.3 Å². The molecule has 0 atom stereocenters. The van der Waals surface area contributed by atoms with Gasteiger partial charge in [-0.2, -0.15) is 0 Å². The van der Waals surface area contributed by atoms with Gasteiger partial charge in [-0.3, -0.25) is 4.79 Å². The van der Waals surface area contributed by atoms with E-state index in [1.807, 2.05) is 30.3 Å². The number of nitrogens with zero attached hydrogens (tertiary/aromatic N) is 3. The Morgan fingerprint density at radius 2 is 1.82 bits per heavy atom. The van der Waals surface area contributed by atoms with E-state index in [9.17, 15) is 4.79 Å². The summed E-state index contributed by atoms with van der Waals surface area (Å²) in [6.45, 7) is 2.21. The molecule has 28 heavy (non-hydrogen) atoms. The minimum atomic E-state index is -0.0913. The van der Waals surface area contributed by atoms with E-state index in [0.29, 0.717) is 28.8 Å². The molecule has 3 aromatic rings. The molecule has 1 amide bonds. The molecular formula is C21H21ClN4O2. The molecule has 0 unspecified atom stereocenters. The number of hydrogen-bond acceptors (Lipinski definition) is 5. The number of hydrogen-bond donors (Lipinski definition) is 1. The molecule has 1 aromatic heterocycles. The lowest BCUT2D eigenvalue weighted by atomic mass is 10.2. The molecule has 2 aromatic carbocycles.